The van der Waals surface area contributed by atoms with E-state index in [2.05, 4.69) is 95.9 Å². The molecule has 69 heavy (non-hydrogen) atoms. The number of carbonyl (C=O) groups excluding carboxylic acids is 2. The highest BCUT2D eigenvalue weighted by molar-refractivity contribution is 6.76. The Hall–Kier alpha value is -3.12. The van der Waals surface area contributed by atoms with Crippen molar-refractivity contribution >= 4 is 20.0 Å². The summed E-state index contributed by atoms with van der Waals surface area (Å²) in [5.74, 6) is 2.18. The van der Waals surface area contributed by atoms with Gasteiger partial charge in [-0.15, -0.1) is 32.9 Å². The fourth-order valence-electron chi connectivity index (χ4n) is 14.7. The van der Waals surface area contributed by atoms with Gasteiger partial charge < -0.3 is 33.9 Å². The van der Waals surface area contributed by atoms with Crippen molar-refractivity contribution in [1.82, 2.24) is 0 Å². The SMILES string of the molecule is C.C.C.C=CC[C@@H]1C[C@]2(O)CC(O)O[C@@]23CC=CC[C@H]13.C=CC[C@@H]1C[C@]2(OC(C)=O)CC(C)O[C@@]23CC=CC[C@H]13.C=CC[C@H]1C[C@@]2(OC(C)=O)C[C@@H](CC=C)[C@H]3CC=CC[C@@]32O1.C=CC[Si](C)(C)C. The molecule has 2 N–H and O–H groups in total. The second kappa shape index (κ2) is 24.1. The monoisotopic (exact) mass is 977 g/mol. The van der Waals surface area contributed by atoms with Crippen LogP contribution in [0.2, 0.25) is 25.7 Å². The molecular weight excluding hydrogens is 881 g/mol. The third kappa shape index (κ3) is 11.6. The topological polar surface area (TPSA) is 121 Å². The minimum Gasteiger partial charge on any atom is -0.456 e. The quantitative estimate of drug-likeness (QED) is 0.112. The van der Waals surface area contributed by atoms with E-state index < -0.39 is 36.8 Å². The van der Waals surface area contributed by atoms with Crippen LogP contribution in [0.25, 0.3) is 0 Å². The summed E-state index contributed by atoms with van der Waals surface area (Å²) >= 11 is 0. The van der Waals surface area contributed by atoms with Crippen molar-refractivity contribution in [1.29, 1.82) is 0 Å². The molecule has 3 saturated heterocycles. The van der Waals surface area contributed by atoms with E-state index in [1.807, 2.05) is 30.4 Å². The van der Waals surface area contributed by atoms with Gasteiger partial charge in [0.1, 0.15) is 28.0 Å². The highest BCUT2D eigenvalue weighted by Crippen LogP contribution is 2.65. The predicted molar refractivity (Wildman–Crippen MR) is 286 cm³/mol. The predicted octanol–water partition coefficient (Wildman–Crippen LogP) is 13.5. The van der Waals surface area contributed by atoms with Crippen molar-refractivity contribution in [3.8, 4) is 0 Å². The van der Waals surface area contributed by atoms with Crippen molar-refractivity contribution in [2.75, 3.05) is 0 Å². The molecule has 2 unspecified atom stereocenters. The Kier molecular flexibility index (Phi) is 21.0. The van der Waals surface area contributed by atoms with Gasteiger partial charge in [0, 0.05) is 41.2 Å². The second-order valence-corrected chi connectivity index (χ2v) is 27.9. The highest BCUT2D eigenvalue weighted by Gasteiger charge is 2.72. The summed E-state index contributed by atoms with van der Waals surface area (Å²) in [5, 5.41) is 20.6. The van der Waals surface area contributed by atoms with E-state index in [4.69, 9.17) is 23.7 Å². The molecule has 3 saturated carbocycles. The van der Waals surface area contributed by atoms with Crippen LogP contribution in [0.15, 0.2) is 99.7 Å². The van der Waals surface area contributed by atoms with Gasteiger partial charge in [-0.05, 0) is 132 Å². The molecule has 390 valence electrons. The molecule has 0 aromatic carbocycles. The van der Waals surface area contributed by atoms with Crippen molar-refractivity contribution in [3.05, 3.63) is 99.7 Å². The molecule has 3 spiro atoms. The van der Waals surface area contributed by atoms with Gasteiger partial charge in [0.05, 0.1) is 17.8 Å². The number of aliphatic hydroxyl groups is 2. The van der Waals surface area contributed by atoms with Gasteiger partial charge in [-0.2, -0.15) is 0 Å². The molecule has 0 aromatic heterocycles. The largest absolute Gasteiger partial charge is 0.456 e. The Morgan fingerprint density at radius 1 is 0.594 bits per heavy atom. The molecule has 6 aliphatic carbocycles. The van der Waals surface area contributed by atoms with Crippen LogP contribution in [0.5, 0.6) is 0 Å². The standard InChI is InChI=1S/C19H26O3.C17H24O3.C14H20O3.C6H14Si.3CH4/c1-4-8-15-12-18(21-14(3)20)13-16(9-5-2)22-19(18)11-7-6-10-17(15)19;1-4-7-14-11-16(20-13(3)18)10-12(2)19-17(16)9-6-5-8-15(14)17;1-2-5-10-8-13(16)9-12(15)17-14(13)7-4-3-6-11(10)14;1-5-6-7(2,3)4;;;/h4-7,15-17H,1-2,8-13H2,3H3;4-6,12,14-15H,1,7-11H2,2-3H3;2-4,10-12,15-16H,1,5-9H2;5H,1,6H2,2-4H3;3*1H4/t15-,16+,17-,18+,19-;12?,14-,15-,16-,17-;10-,11-,12?,13+,14-;;;;/m111..../s1. The molecule has 9 aliphatic rings. The zero-order valence-electron chi connectivity index (χ0n) is 41.4. The number of aliphatic hydroxyl groups excluding tert-OH is 1. The van der Waals surface area contributed by atoms with Crippen LogP contribution < -0.4 is 0 Å². The summed E-state index contributed by atoms with van der Waals surface area (Å²) in [6.07, 6.45) is 36.0. The highest BCUT2D eigenvalue weighted by atomic mass is 28.3. The molecule has 9 nitrogen and oxygen atoms in total. The normalized spacial score (nSPS) is 40.8. The Labute approximate surface area is 420 Å². The molecule has 0 amide bonds. The van der Waals surface area contributed by atoms with Gasteiger partial charge >= 0.3 is 11.9 Å². The molecule has 0 aromatic rings. The molecular formula is C59H96O9Si. The lowest BCUT2D eigenvalue weighted by Gasteiger charge is -2.43. The average molecular weight is 977 g/mol. The third-order valence-corrected chi connectivity index (χ3v) is 18.2. The van der Waals surface area contributed by atoms with Crippen LogP contribution in [0.1, 0.15) is 146 Å². The fourth-order valence-corrected chi connectivity index (χ4v) is 15.6. The zero-order valence-corrected chi connectivity index (χ0v) is 42.4. The van der Waals surface area contributed by atoms with E-state index in [0.29, 0.717) is 41.9 Å². The summed E-state index contributed by atoms with van der Waals surface area (Å²) in [7, 11) is -0.775. The van der Waals surface area contributed by atoms with Crippen LogP contribution in [-0.4, -0.2) is 82.3 Å². The summed E-state index contributed by atoms with van der Waals surface area (Å²) in [4.78, 5) is 23.5. The van der Waals surface area contributed by atoms with E-state index in [-0.39, 0.29) is 57.6 Å². The molecule has 0 radical (unpaired) electrons. The van der Waals surface area contributed by atoms with Gasteiger partial charge in [0.2, 0.25) is 0 Å². The van der Waals surface area contributed by atoms with E-state index in [0.717, 1.165) is 96.3 Å². The average Bonchev–Trinajstić information content (AvgIpc) is 3.94. The fraction of sp³-hybridized carbons (Fsp3) is 0.695. The van der Waals surface area contributed by atoms with Gasteiger partial charge in [0.25, 0.3) is 0 Å². The van der Waals surface area contributed by atoms with Crippen LogP contribution in [0, 0.1) is 35.5 Å². The summed E-state index contributed by atoms with van der Waals surface area (Å²) in [6, 6.07) is 1.24. The second-order valence-electron chi connectivity index (χ2n) is 22.3. The lowest BCUT2D eigenvalue weighted by Crippen LogP contribution is -2.53. The lowest BCUT2D eigenvalue weighted by molar-refractivity contribution is -0.182. The Balaban J connectivity index is 0.000000252. The minimum atomic E-state index is -0.852. The maximum Gasteiger partial charge on any atom is 0.303 e. The maximum atomic E-state index is 11.8. The number of rotatable bonds is 12. The van der Waals surface area contributed by atoms with E-state index >= 15 is 0 Å². The lowest BCUT2D eigenvalue weighted by atomic mass is 9.72. The van der Waals surface area contributed by atoms with Gasteiger partial charge in [0.15, 0.2) is 6.29 Å². The Bertz CT molecular complexity index is 1880. The minimum absolute atomic E-state index is 0. The number of allylic oxidation sites excluding steroid dienone is 7. The van der Waals surface area contributed by atoms with Gasteiger partial charge in [-0.25, -0.2) is 0 Å². The van der Waals surface area contributed by atoms with Crippen molar-refractivity contribution < 1.29 is 43.5 Å². The zero-order chi connectivity index (χ0) is 48.2. The number of ether oxygens (including phenoxy) is 5. The molecule has 0 bridgehead atoms. The summed E-state index contributed by atoms with van der Waals surface area (Å²) in [6.45, 7) is 31.2. The number of esters is 2. The van der Waals surface area contributed by atoms with Crippen molar-refractivity contribution in [2.24, 2.45) is 35.5 Å². The molecule has 6 fully saturated rings. The van der Waals surface area contributed by atoms with E-state index in [1.165, 1.54) is 19.9 Å². The van der Waals surface area contributed by atoms with Crippen molar-refractivity contribution in [2.45, 2.75) is 224 Å². The first-order valence-electron chi connectivity index (χ1n) is 25.1. The molecule has 3 aliphatic heterocycles. The van der Waals surface area contributed by atoms with Gasteiger partial charge in [-0.1, -0.05) is 109 Å². The van der Waals surface area contributed by atoms with E-state index in [1.54, 1.807) is 0 Å². The number of hydrogen-bond acceptors (Lipinski definition) is 9. The first-order chi connectivity index (χ1) is 31.3. The first-order valence-corrected chi connectivity index (χ1v) is 28.8. The van der Waals surface area contributed by atoms with Crippen LogP contribution in [-0.2, 0) is 33.3 Å². The molecule has 3 heterocycles. The molecule has 10 heteroatoms. The molecule has 15 atom stereocenters. The smallest absolute Gasteiger partial charge is 0.303 e. The Morgan fingerprint density at radius 3 is 1.43 bits per heavy atom. The van der Waals surface area contributed by atoms with Gasteiger partial charge in [-0.3, -0.25) is 9.59 Å². The van der Waals surface area contributed by atoms with E-state index in [9.17, 15) is 19.8 Å². The van der Waals surface area contributed by atoms with Crippen LogP contribution in [0.4, 0.5) is 0 Å². The van der Waals surface area contributed by atoms with Crippen LogP contribution >= 0.6 is 0 Å². The maximum absolute atomic E-state index is 11.8. The Morgan fingerprint density at radius 2 is 1.01 bits per heavy atom. The number of hydrogen-bond donors (Lipinski definition) is 2. The summed E-state index contributed by atoms with van der Waals surface area (Å²) in [5.41, 5.74) is -2.96. The summed E-state index contributed by atoms with van der Waals surface area (Å²) < 4.78 is 30.6. The first kappa shape index (κ1) is 60.2. The van der Waals surface area contributed by atoms with Crippen LogP contribution in [0.3, 0.4) is 0 Å². The molecule has 9 rings (SSSR count). The third-order valence-electron chi connectivity index (χ3n) is 16.6. The number of carbonyl (C=O) groups is 2. The van der Waals surface area contributed by atoms with Crippen molar-refractivity contribution in [3.63, 3.8) is 0 Å².